The van der Waals surface area contributed by atoms with Crippen molar-refractivity contribution in [3.05, 3.63) is 65.5 Å². The number of hydrogen-bond acceptors (Lipinski definition) is 6. The van der Waals surface area contributed by atoms with Crippen molar-refractivity contribution in [3.63, 3.8) is 0 Å². The highest BCUT2D eigenvalue weighted by molar-refractivity contribution is 6.46. The first-order valence-corrected chi connectivity index (χ1v) is 9.30. The van der Waals surface area contributed by atoms with E-state index in [4.69, 9.17) is 4.42 Å². The van der Waals surface area contributed by atoms with Gasteiger partial charge in [-0.05, 0) is 45.3 Å². The van der Waals surface area contributed by atoms with Crippen LogP contribution in [0.3, 0.4) is 0 Å². The molecular formula is C21H22N4O4. The Labute approximate surface area is 167 Å². The number of aliphatic hydroxyl groups is 1. The number of aryl methyl sites for hydroxylation is 1. The molecule has 3 aromatic rings. The third kappa shape index (κ3) is 3.11. The smallest absolute Gasteiger partial charge is 0.295 e. The summed E-state index contributed by atoms with van der Waals surface area (Å²) in [5.41, 5.74) is 1.61. The molecule has 4 heterocycles. The Hall–Kier alpha value is -3.39. The van der Waals surface area contributed by atoms with E-state index >= 15 is 0 Å². The van der Waals surface area contributed by atoms with Crippen LogP contribution in [-0.2, 0) is 9.59 Å². The molecule has 1 fully saturated rings. The quantitative estimate of drug-likeness (QED) is 0.405. The van der Waals surface area contributed by atoms with Gasteiger partial charge in [-0.2, -0.15) is 0 Å². The van der Waals surface area contributed by atoms with Crippen LogP contribution in [0.1, 0.15) is 23.2 Å². The van der Waals surface area contributed by atoms with Crippen LogP contribution in [0.2, 0.25) is 0 Å². The fourth-order valence-corrected chi connectivity index (χ4v) is 3.69. The van der Waals surface area contributed by atoms with E-state index in [-0.39, 0.29) is 11.3 Å². The van der Waals surface area contributed by atoms with Crippen molar-refractivity contribution in [2.24, 2.45) is 0 Å². The summed E-state index contributed by atoms with van der Waals surface area (Å²) in [4.78, 5) is 33.6. The first-order valence-electron chi connectivity index (χ1n) is 9.30. The zero-order valence-electron chi connectivity index (χ0n) is 16.5. The molecule has 4 rings (SSSR count). The Balaban J connectivity index is 1.90. The zero-order chi connectivity index (χ0) is 20.7. The minimum Gasteiger partial charge on any atom is -0.505 e. The highest BCUT2D eigenvalue weighted by Gasteiger charge is 2.47. The molecule has 0 unspecified atom stereocenters. The molecule has 3 aromatic heterocycles. The number of fused-ring (bicyclic) bond motifs is 1. The van der Waals surface area contributed by atoms with E-state index in [1.165, 1.54) is 11.2 Å². The molecule has 8 heteroatoms. The van der Waals surface area contributed by atoms with Gasteiger partial charge in [0.2, 0.25) is 0 Å². The summed E-state index contributed by atoms with van der Waals surface area (Å²) in [5, 5.41) is 11.2. The SMILES string of the molecule is Cc1nc2ccccn2c1C(O)=C1C(=O)C(=O)N(CCN(C)C)[C@H]1c1ccco1. The first-order chi connectivity index (χ1) is 13.9. The maximum Gasteiger partial charge on any atom is 0.295 e. The van der Waals surface area contributed by atoms with Crippen molar-refractivity contribution in [3.8, 4) is 0 Å². The second-order valence-corrected chi connectivity index (χ2v) is 7.29. The summed E-state index contributed by atoms with van der Waals surface area (Å²) in [5.74, 6) is -1.21. The fraction of sp³-hybridized carbons (Fsp3) is 0.286. The highest BCUT2D eigenvalue weighted by Crippen LogP contribution is 2.39. The van der Waals surface area contributed by atoms with Crippen LogP contribution in [0.15, 0.2) is 52.8 Å². The molecule has 1 aliphatic heterocycles. The number of likely N-dealkylation sites (tertiary alicyclic amines) is 1. The van der Waals surface area contributed by atoms with E-state index in [0.717, 1.165) is 0 Å². The maximum absolute atomic E-state index is 13.0. The second-order valence-electron chi connectivity index (χ2n) is 7.29. The number of hydrogen-bond donors (Lipinski definition) is 1. The number of rotatable bonds is 5. The van der Waals surface area contributed by atoms with Gasteiger partial charge in [0.25, 0.3) is 11.7 Å². The van der Waals surface area contributed by atoms with E-state index in [9.17, 15) is 14.7 Å². The number of carbonyl (C=O) groups is 2. The molecule has 150 valence electrons. The lowest BCUT2D eigenvalue weighted by Gasteiger charge is -2.24. The van der Waals surface area contributed by atoms with Crippen LogP contribution >= 0.6 is 0 Å². The minimum atomic E-state index is -0.793. The third-order valence-electron chi connectivity index (χ3n) is 5.07. The molecule has 1 aliphatic rings. The van der Waals surface area contributed by atoms with Gasteiger partial charge >= 0.3 is 0 Å². The molecule has 1 amide bonds. The van der Waals surface area contributed by atoms with Gasteiger partial charge in [0.1, 0.15) is 23.1 Å². The summed E-state index contributed by atoms with van der Waals surface area (Å²) in [6, 6.07) is 8.07. The predicted molar refractivity (Wildman–Crippen MR) is 106 cm³/mol. The molecule has 1 N–H and O–H groups in total. The van der Waals surface area contributed by atoms with Crippen molar-refractivity contribution >= 4 is 23.1 Å². The molecule has 0 spiro atoms. The van der Waals surface area contributed by atoms with Gasteiger partial charge in [0, 0.05) is 19.3 Å². The standard InChI is InChI=1S/C21H22N4O4/c1-13-17(24-9-5-4-8-15(24)22-13)19(26)16-18(14-7-6-12-29-14)25(11-10-23(2)3)21(28)20(16)27/h4-9,12,18,26H,10-11H2,1-3H3/t18-/m0/s1. The van der Waals surface area contributed by atoms with Crippen LogP contribution in [0.4, 0.5) is 0 Å². The van der Waals surface area contributed by atoms with E-state index in [1.54, 1.807) is 29.7 Å². The molecule has 0 saturated carbocycles. The van der Waals surface area contributed by atoms with Crippen molar-refractivity contribution in [1.82, 2.24) is 19.2 Å². The number of nitrogens with zero attached hydrogens (tertiary/aromatic N) is 4. The molecule has 0 radical (unpaired) electrons. The summed E-state index contributed by atoms with van der Waals surface area (Å²) in [7, 11) is 3.78. The number of imidazole rings is 1. The number of furan rings is 1. The average Bonchev–Trinajstić information content (AvgIpc) is 3.37. The zero-order valence-corrected chi connectivity index (χ0v) is 16.5. The lowest BCUT2D eigenvalue weighted by atomic mass is 10.0. The summed E-state index contributed by atoms with van der Waals surface area (Å²) in [6.45, 7) is 2.65. The molecule has 1 atom stereocenters. The van der Waals surface area contributed by atoms with Gasteiger partial charge in [-0.1, -0.05) is 6.07 Å². The summed E-state index contributed by atoms with van der Waals surface area (Å²) in [6.07, 6.45) is 3.25. The number of ketones is 1. The number of carbonyl (C=O) groups excluding carboxylic acids is 2. The van der Waals surface area contributed by atoms with Crippen LogP contribution in [0.5, 0.6) is 0 Å². The van der Waals surface area contributed by atoms with Crippen molar-refractivity contribution in [1.29, 1.82) is 0 Å². The Bertz CT molecular complexity index is 1110. The van der Waals surface area contributed by atoms with Crippen LogP contribution in [-0.4, -0.2) is 63.2 Å². The number of aliphatic hydroxyl groups excluding tert-OH is 1. The van der Waals surface area contributed by atoms with Crippen LogP contribution < -0.4 is 0 Å². The van der Waals surface area contributed by atoms with Gasteiger partial charge in [0.05, 0.1) is 17.5 Å². The largest absolute Gasteiger partial charge is 0.505 e. The van der Waals surface area contributed by atoms with Crippen molar-refractivity contribution in [2.75, 3.05) is 27.2 Å². The number of aromatic nitrogens is 2. The summed E-state index contributed by atoms with van der Waals surface area (Å²) >= 11 is 0. The fourth-order valence-electron chi connectivity index (χ4n) is 3.69. The van der Waals surface area contributed by atoms with Gasteiger partial charge in [0.15, 0.2) is 5.76 Å². The second kappa shape index (κ2) is 7.21. The topological polar surface area (TPSA) is 91.3 Å². The van der Waals surface area contributed by atoms with Gasteiger partial charge < -0.3 is 19.3 Å². The minimum absolute atomic E-state index is 0.0115. The highest BCUT2D eigenvalue weighted by atomic mass is 16.3. The molecule has 0 bridgehead atoms. The molecule has 0 aliphatic carbocycles. The molecule has 8 nitrogen and oxygen atoms in total. The van der Waals surface area contributed by atoms with E-state index < -0.39 is 17.7 Å². The Morgan fingerprint density at radius 1 is 1.24 bits per heavy atom. The molecular weight excluding hydrogens is 372 g/mol. The van der Waals surface area contributed by atoms with Gasteiger partial charge in [-0.15, -0.1) is 0 Å². The molecule has 29 heavy (non-hydrogen) atoms. The van der Waals surface area contributed by atoms with Gasteiger partial charge in [-0.25, -0.2) is 4.98 Å². The lowest BCUT2D eigenvalue weighted by molar-refractivity contribution is -0.140. The number of Topliss-reactive ketones (excluding diaryl/α,β-unsaturated/α-hetero) is 1. The first kappa shape index (κ1) is 18.9. The predicted octanol–water partition coefficient (Wildman–Crippen LogP) is 2.22. The number of pyridine rings is 1. The van der Waals surface area contributed by atoms with Gasteiger partial charge in [-0.3, -0.25) is 14.0 Å². The average molecular weight is 394 g/mol. The summed E-state index contributed by atoms with van der Waals surface area (Å²) < 4.78 is 7.24. The van der Waals surface area contributed by atoms with Crippen molar-refractivity contribution < 1.29 is 19.1 Å². The number of amides is 1. The monoisotopic (exact) mass is 394 g/mol. The number of likely N-dealkylation sites (N-methyl/N-ethyl adjacent to an activating group) is 1. The van der Waals surface area contributed by atoms with E-state index in [0.29, 0.717) is 35.9 Å². The maximum atomic E-state index is 13.0. The molecule has 0 aromatic carbocycles. The van der Waals surface area contributed by atoms with E-state index in [2.05, 4.69) is 4.98 Å². The van der Waals surface area contributed by atoms with Crippen LogP contribution in [0.25, 0.3) is 11.4 Å². The normalized spacial score (nSPS) is 19.0. The lowest BCUT2D eigenvalue weighted by Crippen LogP contribution is -2.35. The van der Waals surface area contributed by atoms with Crippen molar-refractivity contribution in [2.45, 2.75) is 13.0 Å². The van der Waals surface area contributed by atoms with E-state index in [1.807, 2.05) is 37.2 Å². The Kier molecular flexibility index (Phi) is 4.71. The third-order valence-corrected chi connectivity index (χ3v) is 5.07. The molecule has 1 saturated heterocycles. The Morgan fingerprint density at radius 2 is 2.03 bits per heavy atom. The Morgan fingerprint density at radius 3 is 2.72 bits per heavy atom. The van der Waals surface area contributed by atoms with Crippen LogP contribution in [0, 0.1) is 6.92 Å².